The summed E-state index contributed by atoms with van der Waals surface area (Å²) < 4.78 is 1.74. The number of nitrogens with zero attached hydrogens (tertiary/aromatic N) is 3. The largest absolute Gasteiger partial charge is 0.480 e. The molecule has 2 rings (SSSR count). The maximum absolute atomic E-state index is 12.2. The van der Waals surface area contributed by atoms with Gasteiger partial charge in [0.1, 0.15) is 17.9 Å². The summed E-state index contributed by atoms with van der Waals surface area (Å²) in [5.41, 5.74) is 1.98. The van der Waals surface area contributed by atoms with Crippen LogP contribution in [0.15, 0.2) is 24.5 Å². The second-order valence-corrected chi connectivity index (χ2v) is 4.31. The lowest BCUT2D eigenvalue weighted by atomic mass is 10.3. The van der Waals surface area contributed by atoms with Gasteiger partial charge in [0.05, 0.1) is 0 Å². The Morgan fingerprint density at radius 1 is 1.47 bits per heavy atom. The number of likely N-dealkylation sites (N-methyl/N-ethyl adjacent to an activating group) is 1. The van der Waals surface area contributed by atoms with Gasteiger partial charge in [0.25, 0.3) is 5.91 Å². The minimum Gasteiger partial charge on any atom is -0.480 e. The quantitative estimate of drug-likeness (QED) is 0.897. The van der Waals surface area contributed by atoms with Crippen LogP contribution in [0.25, 0.3) is 5.65 Å². The highest BCUT2D eigenvalue weighted by atomic mass is 16.4. The molecule has 2 aromatic rings. The summed E-state index contributed by atoms with van der Waals surface area (Å²) in [5, 5.41) is 8.77. The van der Waals surface area contributed by atoms with Gasteiger partial charge in [0, 0.05) is 18.9 Å². The minimum atomic E-state index is -1.03. The number of carbonyl (C=O) groups is 2. The van der Waals surface area contributed by atoms with Gasteiger partial charge < -0.3 is 14.4 Å². The molecule has 0 atom stereocenters. The Morgan fingerprint density at radius 3 is 2.84 bits per heavy atom. The van der Waals surface area contributed by atoms with E-state index in [1.807, 2.05) is 25.3 Å². The van der Waals surface area contributed by atoms with Crippen LogP contribution in [0.1, 0.15) is 23.0 Å². The summed E-state index contributed by atoms with van der Waals surface area (Å²) in [6.45, 7) is 3.69. The molecule has 19 heavy (non-hydrogen) atoms. The molecule has 100 valence electrons. The van der Waals surface area contributed by atoms with Gasteiger partial charge in [-0.3, -0.25) is 9.59 Å². The van der Waals surface area contributed by atoms with Crippen LogP contribution in [0.4, 0.5) is 0 Å². The van der Waals surface area contributed by atoms with E-state index in [0.717, 1.165) is 5.56 Å². The van der Waals surface area contributed by atoms with Gasteiger partial charge in [-0.25, -0.2) is 4.98 Å². The molecule has 0 unspecified atom stereocenters. The van der Waals surface area contributed by atoms with Crippen molar-refractivity contribution in [3.63, 3.8) is 0 Å². The molecule has 0 aliphatic carbocycles. The Labute approximate surface area is 110 Å². The van der Waals surface area contributed by atoms with Crippen LogP contribution in [-0.2, 0) is 4.79 Å². The van der Waals surface area contributed by atoms with Crippen LogP contribution in [0.2, 0.25) is 0 Å². The average Bonchev–Trinajstić information content (AvgIpc) is 2.77. The third-order valence-electron chi connectivity index (χ3n) is 2.83. The van der Waals surface area contributed by atoms with E-state index in [-0.39, 0.29) is 18.1 Å². The number of carbonyl (C=O) groups excluding carboxylic acids is 1. The molecule has 0 saturated heterocycles. The predicted molar refractivity (Wildman–Crippen MR) is 69.1 cm³/mol. The zero-order chi connectivity index (χ0) is 14.0. The fourth-order valence-corrected chi connectivity index (χ4v) is 1.84. The zero-order valence-corrected chi connectivity index (χ0v) is 10.8. The summed E-state index contributed by atoms with van der Waals surface area (Å²) in [4.78, 5) is 28.3. The molecule has 0 bridgehead atoms. The summed E-state index contributed by atoms with van der Waals surface area (Å²) in [5.74, 6) is -1.40. The first-order valence-electron chi connectivity index (χ1n) is 5.97. The first-order chi connectivity index (χ1) is 9.01. The highest BCUT2D eigenvalue weighted by molar-refractivity contribution is 5.94. The van der Waals surface area contributed by atoms with E-state index >= 15 is 0 Å². The molecular weight excluding hydrogens is 246 g/mol. The van der Waals surface area contributed by atoms with Crippen molar-refractivity contribution in [2.24, 2.45) is 0 Å². The molecule has 6 nitrogen and oxygen atoms in total. The Morgan fingerprint density at radius 2 is 2.21 bits per heavy atom. The van der Waals surface area contributed by atoms with Gasteiger partial charge in [0.2, 0.25) is 0 Å². The summed E-state index contributed by atoms with van der Waals surface area (Å²) in [7, 11) is 0. The molecule has 2 heterocycles. The zero-order valence-electron chi connectivity index (χ0n) is 10.8. The molecular formula is C13H15N3O3. The Kier molecular flexibility index (Phi) is 3.50. The van der Waals surface area contributed by atoms with Crippen LogP contribution < -0.4 is 0 Å². The number of hydrogen-bond donors (Lipinski definition) is 1. The second-order valence-electron chi connectivity index (χ2n) is 4.31. The number of carboxylic acid groups (broad SMARTS) is 1. The first-order valence-corrected chi connectivity index (χ1v) is 5.97. The van der Waals surface area contributed by atoms with E-state index < -0.39 is 5.97 Å². The Balaban J connectivity index is 2.32. The van der Waals surface area contributed by atoms with Crippen LogP contribution in [0, 0.1) is 6.92 Å². The number of rotatable bonds is 4. The normalized spacial score (nSPS) is 10.6. The van der Waals surface area contributed by atoms with Crippen molar-refractivity contribution < 1.29 is 14.7 Å². The lowest BCUT2D eigenvalue weighted by molar-refractivity contribution is -0.137. The number of aliphatic carboxylic acids is 1. The second kappa shape index (κ2) is 5.09. The van der Waals surface area contributed by atoms with Gasteiger partial charge in [0.15, 0.2) is 0 Å². The molecule has 0 aliphatic heterocycles. The maximum Gasteiger partial charge on any atom is 0.323 e. The van der Waals surface area contributed by atoms with Gasteiger partial charge >= 0.3 is 5.97 Å². The van der Waals surface area contributed by atoms with E-state index in [4.69, 9.17) is 5.11 Å². The number of amides is 1. The van der Waals surface area contributed by atoms with Crippen molar-refractivity contribution in [1.82, 2.24) is 14.3 Å². The van der Waals surface area contributed by atoms with Crippen LogP contribution in [0.3, 0.4) is 0 Å². The Bertz CT molecular complexity index is 633. The first kappa shape index (κ1) is 13.1. The van der Waals surface area contributed by atoms with Crippen molar-refractivity contribution >= 4 is 17.5 Å². The number of pyridine rings is 1. The Hall–Kier alpha value is -2.37. The van der Waals surface area contributed by atoms with Crippen molar-refractivity contribution in [3.8, 4) is 0 Å². The highest BCUT2D eigenvalue weighted by Gasteiger charge is 2.19. The minimum absolute atomic E-state index is 0.258. The van der Waals surface area contributed by atoms with Crippen molar-refractivity contribution in [3.05, 3.63) is 35.8 Å². The van der Waals surface area contributed by atoms with Crippen LogP contribution >= 0.6 is 0 Å². The summed E-state index contributed by atoms with van der Waals surface area (Å²) in [6, 6.07) is 3.78. The molecule has 0 fully saturated rings. The third kappa shape index (κ3) is 2.73. The molecule has 0 saturated carbocycles. The molecule has 1 amide bonds. The standard InChI is InChI=1S/C13H15N3O3/c1-3-15(8-12(17)18)13(19)10-7-16-5-4-9(2)6-11(16)14-10/h4-7H,3,8H2,1-2H3,(H,17,18). The predicted octanol–water partition coefficient (Wildman–Crippen LogP) is 1.19. The number of aromatic nitrogens is 2. The third-order valence-corrected chi connectivity index (χ3v) is 2.83. The van der Waals surface area contributed by atoms with Crippen molar-refractivity contribution in [2.75, 3.05) is 13.1 Å². The number of carboxylic acids is 1. The van der Waals surface area contributed by atoms with Gasteiger partial charge in [-0.15, -0.1) is 0 Å². The van der Waals surface area contributed by atoms with E-state index in [1.165, 1.54) is 4.90 Å². The number of hydrogen-bond acceptors (Lipinski definition) is 3. The SMILES string of the molecule is CCN(CC(=O)O)C(=O)c1cn2ccc(C)cc2n1. The maximum atomic E-state index is 12.2. The molecule has 6 heteroatoms. The molecule has 0 aliphatic rings. The number of fused-ring (bicyclic) bond motifs is 1. The molecule has 1 N–H and O–H groups in total. The van der Waals surface area contributed by atoms with E-state index in [0.29, 0.717) is 12.2 Å². The molecule has 0 spiro atoms. The molecule has 0 aromatic carbocycles. The lowest BCUT2D eigenvalue weighted by Crippen LogP contribution is -2.35. The van der Waals surface area contributed by atoms with Gasteiger partial charge in [-0.05, 0) is 31.5 Å². The van der Waals surface area contributed by atoms with Crippen molar-refractivity contribution in [2.45, 2.75) is 13.8 Å². The monoisotopic (exact) mass is 261 g/mol. The number of aryl methyl sites for hydroxylation is 1. The average molecular weight is 261 g/mol. The molecule has 0 radical (unpaired) electrons. The fourth-order valence-electron chi connectivity index (χ4n) is 1.84. The van der Waals surface area contributed by atoms with E-state index in [2.05, 4.69) is 4.98 Å². The highest BCUT2D eigenvalue weighted by Crippen LogP contribution is 2.09. The van der Waals surface area contributed by atoms with Crippen LogP contribution in [-0.4, -0.2) is 44.4 Å². The van der Waals surface area contributed by atoms with E-state index in [1.54, 1.807) is 17.5 Å². The van der Waals surface area contributed by atoms with Crippen molar-refractivity contribution in [1.29, 1.82) is 0 Å². The van der Waals surface area contributed by atoms with E-state index in [9.17, 15) is 9.59 Å². The van der Waals surface area contributed by atoms with Gasteiger partial charge in [-0.2, -0.15) is 0 Å². The van der Waals surface area contributed by atoms with Crippen LogP contribution in [0.5, 0.6) is 0 Å². The topological polar surface area (TPSA) is 74.9 Å². The fraction of sp³-hybridized carbons (Fsp3) is 0.308. The summed E-state index contributed by atoms with van der Waals surface area (Å²) >= 11 is 0. The number of imidazole rings is 1. The van der Waals surface area contributed by atoms with Gasteiger partial charge in [-0.1, -0.05) is 0 Å². The summed E-state index contributed by atoms with van der Waals surface area (Å²) in [6.07, 6.45) is 3.43. The lowest BCUT2D eigenvalue weighted by Gasteiger charge is -2.16. The molecule has 2 aromatic heterocycles. The smallest absolute Gasteiger partial charge is 0.323 e.